The number of esters is 1. The first-order valence-electron chi connectivity index (χ1n) is 8.06. The van der Waals surface area contributed by atoms with Crippen LogP contribution in [-0.4, -0.2) is 44.0 Å². The Morgan fingerprint density at radius 3 is 2.24 bits per heavy atom. The molecule has 7 nitrogen and oxygen atoms in total. The lowest BCUT2D eigenvalue weighted by atomic mass is 10.1. The van der Waals surface area contributed by atoms with E-state index in [1.165, 1.54) is 19.9 Å². The van der Waals surface area contributed by atoms with Gasteiger partial charge in [0, 0.05) is 6.42 Å². The zero-order valence-electron chi connectivity index (χ0n) is 15.6. The van der Waals surface area contributed by atoms with Gasteiger partial charge in [0.25, 0.3) is 0 Å². The normalized spacial score (nSPS) is 14.2. The summed E-state index contributed by atoms with van der Waals surface area (Å²) >= 11 is 5.92. The van der Waals surface area contributed by atoms with Gasteiger partial charge in [0.1, 0.15) is 9.97 Å². The number of hydrogen-bond donors (Lipinski definition) is 1. The second-order valence-corrected chi connectivity index (χ2v) is 9.76. The number of rotatable bonds is 8. The van der Waals surface area contributed by atoms with Crippen LogP contribution >= 0.6 is 11.6 Å². The van der Waals surface area contributed by atoms with Crippen molar-refractivity contribution in [2.24, 2.45) is 0 Å². The number of hydrogen-bond acceptors (Lipinski definition) is 6. The van der Waals surface area contributed by atoms with Crippen molar-refractivity contribution in [1.29, 1.82) is 0 Å². The second-order valence-electron chi connectivity index (χ2n) is 6.66. The lowest BCUT2D eigenvalue weighted by Crippen LogP contribution is -2.39. The van der Waals surface area contributed by atoms with Gasteiger partial charge in [-0.1, -0.05) is 11.6 Å². The molecule has 0 aliphatic heterocycles. The molecule has 0 saturated carbocycles. The second kappa shape index (κ2) is 10.0. The average Bonchev–Trinajstić information content (AvgIpc) is 2.42. The molecule has 0 aromatic carbocycles. The van der Waals surface area contributed by atoms with Crippen LogP contribution in [0.15, 0.2) is 10.4 Å². The Bertz CT molecular complexity index is 592. The van der Waals surface area contributed by atoms with E-state index < -0.39 is 38.8 Å². The predicted molar refractivity (Wildman–Crippen MR) is 97.0 cm³/mol. The minimum Gasteiger partial charge on any atom is -0.466 e. The molecule has 0 bridgehead atoms. The van der Waals surface area contributed by atoms with Crippen LogP contribution in [0.5, 0.6) is 0 Å². The molecule has 1 N–H and O–H groups in total. The number of sulfone groups is 1. The summed E-state index contributed by atoms with van der Waals surface area (Å²) in [5, 5.41) is 1.81. The monoisotopic (exact) mass is 397 g/mol. The first-order chi connectivity index (χ1) is 11.3. The van der Waals surface area contributed by atoms with E-state index in [2.05, 4.69) is 5.32 Å². The van der Waals surface area contributed by atoms with E-state index in [4.69, 9.17) is 21.1 Å². The summed E-state index contributed by atoms with van der Waals surface area (Å²) in [4.78, 5) is 23.4. The number of carbonyl (C=O) groups excluding carboxylic acids is 2. The first-order valence-corrected chi connectivity index (χ1v) is 9.98. The van der Waals surface area contributed by atoms with Crippen molar-refractivity contribution < 1.29 is 27.5 Å². The molecule has 0 radical (unpaired) electrons. The van der Waals surface area contributed by atoms with Crippen LogP contribution < -0.4 is 5.32 Å². The first kappa shape index (κ1) is 23.7. The zero-order chi connectivity index (χ0) is 19.8. The third kappa shape index (κ3) is 9.69. The van der Waals surface area contributed by atoms with E-state index >= 15 is 0 Å². The largest absolute Gasteiger partial charge is 0.466 e. The number of halogens is 1. The van der Waals surface area contributed by atoms with Gasteiger partial charge in [-0.05, 0) is 54.0 Å². The SMILES string of the molecule is CCOC(=O)CCC(C=C(Cl)S(=O)(=O)C(C)C)NC(=O)OC(C)(C)C. The van der Waals surface area contributed by atoms with Crippen molar-refractivity contribution >= 4 is 33.5 Å². The molecule has 0 aromatic heterocycles. The Hall–Kier alpha value is -1.28. The Labute approximate surface area is 155 Å². The minimum atomic E-state index is -3.67. The fourth-order valence-electron chi connectivity index (χ4n) is 1.64. The van der Waals surface area contributed by atoms with Crippen LogP contribution in [0.25, 0.3) is 0 Å². The molecular formula is C16H28ClNO6S. The van der Waals surface area contributed by atoms with Gasteiger partial charge in [-0.25, -0.2) is 13.2 Å². The van der Waals surface area contributed by atoms with E-state index in [1.54, 1.807) is 27.7 Å². The highest BCUT2D eigenvalue weighted by molar-refractivity contribution is 7.97. The highest BCUT2D eigenvalue weighted by Crippen LogP contribution is 2.19. The minimum absolute atomic E-state index is 0.00327. The molecule has 0 rings (SSSR count). The van der Waals surface area contributed by atoms with Crippen molar-refractivity contribution in [2.75, 3.05) is 6.61 Å². The molecule has 1 amide bonds. The fraction of sp³-hybridized carbons (Fsp3) is 0.750. The summed E-state index contributed by atoms with van der Waals surface area (Å²) in [5.74, 6) is -0.449. The molecular weight excluding hydrogens is 370 g/mol. The van der Waals surface area contributed by atoms with Gasteiger partial charge in [0.15, 0.2) is 9.84 Å². The van der Waals surface area contributed by atoms with Crippen LogP contribution in [0.3, 0.4) is 0 Å². The van der Waals surface area contributed by atoms with Crippen molar-refractivity contribution in [3.05, 3.63) is 10.4 Å². The van der Waals surface area contributed by atoms with Crippen LogP contribution in [-0.2, 0) is 24.1 Å². The molecule has 0 aliphatic rings. The number of amides is 1. The molecule has 0 fully saturated rings. The molecule has 0 aliphatic carbocycles. The van der Waals surface area contributed by atoms with Gasteiger partial charge >= 0.3 is 12.1 Å². The highest BCUT2D eigenvalue weighted by atomic mass is 35.5. The molecule has 9 heteroatoms. The number of ether oxygens (including phenoxy) is 2. The van der Waals surface area contributed by atoms with Gasteiger partial charge in [-0.3, -0.25) is 4.79 Å². The highest BCUT2D eigenvalue weighted by Gasteiger charge is 2.24. The van der Waals surface area contributed by atoms with Gasteiger partial charge in [-0.2, -0.15) is 0 Å². The van der Waals surface area contributed by atoms with Crippen molar-refractivity contribution in [3.63, 3.8) is 0 Å². The van der Waals surface area contributed by atoms with Crippen molar-refractivity contribution in [1.82, 2.24) is 5.32 Å². The molecule has 1 atom stereocenters. The van der Waals surface area contributed by atoms with Crippen LogP contribution in [0.1, 0.15) is 54.4 Å². The summed E-state index contributed by atoms with van der Waals surface area (Å²) in [6, 6.07) is -0.791. The summed E-state index contributed by atoms with van der Waals surface area (Å²) in [7, 11) is -3.67. The van der Waals surface area contributed by atoms with Crippen molar-refractivity contribution in [3.8, 4) is 0 Å². The van der Waals surface area contributed by atoms with Crippen LogP contribution in [0.2, 0.25) is 0 Å². The van der Waals surface area contributed by atoms with E-state index in [1.807, 2.05) is 0 Å². The lowest BCUT2D eigenvalue weighted by molar-refractivity contribution is -0.143. The molecule has 1 unspecified atom stereocenters. The Morgan fingerprint density at radius 2 is 1.80 bits per heavy atom. The molecule has 0 saturated heterocycles. The Kier molecular flexibility index (Phi) is 9.50. The topological polar surface area (TPSA) is 98.8 Å². The maximum absolute atomic E-state index is 12.1. The summed E-state index contributed by atoms with van der Waals surface area (Å²) in [6.07, 6.45) is 0.600. The third-order valence-corrected chi connectivity index (χ3v) is 5.58. The quantitative estimate of drug-likeness (QED) is 0.631. The Balaban J connectivity index is 5.25. The van der Waals surface area contributed by atoms with E-state index in [0.717, 1.165) is 0 Å². The van der Waals surface area contributed by atoms with E-state index in [-0.39, 0.29) is 23.8 Å². The van der Waals surface area contributed by atoms with E-state index in [9.17, 15) is 18.0 Å². The summed E-state index contributed by atoms with van der Waals surface area (Å²) in [6.45, 7) is 10.0. The van der Waals surface area contributed by atoms with Crippen LogP contribution in [0, 0.1) is 0 Å². The molecule has 25 heavy (non-hydrogen) atoms. The van der Waals surface area contributed by atoms with E-state index in [0.29, 0.717) is 0 Å². The molecule has 0 heterocycles. The van der Waals surface area contributed by atoms with Gasteiger partial charge in [0.05, 0.1) is 17.9 Å². The lowest BCUT2D eigenvalue weighted by Gasteiger charge is -2.22. The smallest absolute Gasteiger partial charge is 0.408 e. The summed E-state index contributed by atoms with van der Waals surface area (Å²) in [5.41, 5.74) is -0.715. The Morgan fingerprint density at radius 1 is 1.24 bits per heavy atom. The maximum atomic E-state index is 12.1. The summed E-state index contributed by atoms with van der Waals surface area (Å²) < 4.78 is 33.8. The maximum Gasteiger partial charge on any atom is 0.408 e. The zero-order valence-corrected chi connectivity index (χ0v) is 17.2. The average molecular weight is 398 g/mol. The molecule has 0 aromatic rings. The molecule has 146 valence electrons. The van der Waals surface area contributed by atoms with Gasteiger partial charge in [0.2, 0.25) is 0 Å². The third-order valence-electron chi connectivity index (χ3n) is 2.89. The van der Waals surface area contributed by atoms with Gasteiger partial charge in [-0.15, -0.1) is 0 Å². The van der Waals surface area contributed by atoms with Crippen molar-refractivity contribution in [2.45, 2.75) is 71.3 Å². The number of alkyl carbamates (subject to hydrolysis) is 1. The fourth-order valence-corrected chi connectivity index (χ4v) is 3.13. The number of nitrogens with one attached hydrogen (secondary N) is 1. The standard InChI is InChI=1S/C16H28ClNO6S/c1-7-23-14(19)9-8-12(18-15(20)24-16(4,5)6)10-13(17)25(21,22)11(2)3/h10-12H,7-9H2,1-6H3,(H,18,20). The van der Waals surface area contributed by atoms with Crippen LogP contribution in [0.4, 0.5) is 4.79 Å². The van der Waals surface area contributed by atoms with Gasteiger partial charge < -0.3 is 14.8 Å². The molecule has 0 spiro atoms. The predicted octanol–water partition coefficient (Wildman–Crippen LogP) is 3.13. The number of carbonyl (C=O) groups is 2.